The van der Waals surface area contributed by atoms with Gasteiger partial charge in [0, 0.05) is 30.4 Å². The van der Waals surface area contributed by atoms with E-state index in [9.17, 15) is 18.0 Å². The highest BCUT2D eigenvalue weighted by Gasteiger charge is 2.32. The van der Waals surface area contributed by atoms with Gasteiger partial charge in [0.15, 0.2) is 0 Å². The molecule has 0 spiro atoms. The highest BCUT2D eigenvalue weighted by molar-refractivity contribution is 5.90. The van der Waals surface area contributed by atoms with Gasteiger partial charge in [-0.3, -0.25) is 9.48 Å². The number of hydrogen-bond donors (Lipinski definition) is 2. The van der Waals surface area contributed by atoms with Crippen molar-refractivity contribution in [3.8, 4) is 17.2 Å². The molecular weight excluding hydrogens is 443 g/mol. The van der Waals surface area contributed by atoms with Crippen LogP contribution in [0.1, 0.15) is 36.0 Å². The summed E-state index contributed by atoms with van der Waals surface area (Å²) in [6.07, 6.45) is 0.521. The molecule has 0 unspecified atom stereocenters. The van der Waals surface area contributed by atoms with Gasteiger partial charge in [-0.25, -0.2) is 0 Å². The number of alkyl halides is 3. The molecule has 0 radical (unpaired) electrons. The number of aromatic nitrogens is 5. The number of halogens is 3. The minimum Gasteiger partial charge on any atom is -0.412 e. The number of amides is 1. The first-order chi connectivity index (χ1) is 15.8. The third-order valence-corrected chi connectivity index (χ3v) is 5.12. The van der Waals surface area contributed by atoms with Crippen molar-refractivity contribution in [3.05, 3.63) is 42.0 Å². The molecule has 1 aromatic carbocycles. The lowest BCUT2D eigenvalue weighted by Crippen LogP contribution is -2.36. The van der Waals surface area contributed by atoms with E-state index in [1.165, 1.54) is 18.2 Å². The van der Waals surface area contributed by atoms with Crippen molar-refractivity contribution in [1.82, 2.24) is 35.8 Å². The van der Waals surface area contributed by atoms with Gasteiger partial charge in [0.1, 0.15) is 5.75 Å². The summed E-state index contributed by atoms with van der Waals surface area (Å²) in [6, 6.07) is 3.89. The maximum atomic E-state index is 12.6. The van der Waals surface area contributed by atoms with Crippen LogP contribution in [-0.2, 0) is 13.0 Å². The van der Waals surface area contributed by atoms with Crippen molar-refractivity contribution in [2.45, 2.75) is 51.2 Å². The van der Waals surface area contributed by atoms with Crippen LogP contribution >= 0.6 is 0 Å². The van der Waals surface area contributed by atoms with E-state index in [4.69, 9.17) is 4.42 Å². The van der Waals surface area contributed by atoms with E-state index in [1.54, 1.807) is 17.1 Å². The summed E-state index contributed by atoms with van der Waals surface area (Å²) in [6.45, 7) is 3.11. The van der Waals surface area contributed by atoms with Crippen molar-refractivity contribution in [1.29, 1.82) is 0 Å². The minimum absolute atomic E-state index is 0.0511. The Morgan fingerprint density at radius 1 is 1.36 bits per heavy atom. The highest BCUT2D eigenvalue weighted by Crippen LogP contribution is 2.31. The van der Waals surface area contributed by atoms with Crippen LogP contribution in [0.25, 0.3) is 11.5 Å². The lowest BCUT2D eigenvalue weighted by atomic mass is 10.0. The van der Waals surface area contributed by atoms with Crippen LogP contribution in [0, 0.1) is 0 Å². The Balaban J connectivity index is 1.43. The van der Waals surface area contributed by atoms with Crippen LogP contribution in [-0.4, -0.2) is 56.1 Å². The number of aryl methyl sites for hydroxylation is 1. The topological polar surface area (TPSA) is 120 Å². The highest BCUT2D eigenvalue weighted by atomic mass is 19.4. The first kappa shape index (κ1) is 22.7. The van der Waals surface area contributed by atoms with Crippen molar-refractivity contribution in [2.75, 3.05) is 6.54 Å². The van der Waals surface area contributed by atoms with E-state index in [2.05, 4.69) is 35.9 Å². The predicted molar refractivity (Wildman–Crippen MR) is 108 cm³/mol. The molecule has 0 saturated carbocycles. The zero-order chi connectivity index (χ0) is 23.4. The smallest absolute Gasteiger partial charge is 0.412 e. The molecular formula is C20H22F3N7O3. The van der Waals surface area contributed by atoms with Gasteiger partial charge in [0.2, 0.25) is 5.89 Å². The lowest BCUT2D eigenvalue weighted by Gasteiger charge is -2.12. The van der Waals surface area contributed by atoms with Crippen LogP contribution in [0.15, 0.2) is 35.0 Å². The maximum Gasteiger partial charge on any atom is 0.573 e. The molecule has 33 heavy (non-hydrogen) atoms. The SMILES string of the molecule is CCCc1ccc(OC(F)(F)F)cc1-c1nnc(C(=O)N[C@H]2CN[C@H](Cn3ccnn3)C2)o1. The second-order valence-corrected chi connectivity index (χ2v) is 7.67. The first-order valence-electron chi connectivity index (χ1n) is 10.4. The molecule has 176 valence electrons. The van der Waals surface area contributed by atoms with Gasteiger partial charge in [-0.05, 0) is 30.5 Å². The Morgan fingerprint density at radius 2 is 2.21 bits per heavy atom. The molecule has 1 saturated heterocycles. The average molecular weight is 465 g/mol. The number of rotatable bonds is 8. The number of carbonyl (C=O) groups excluding carboxylic acids is 1. The maximum absolute atomic E-state index is 12.6. The second-order valence-electron chi connectivity index (χ2n) is 7.67. The van der Waals surface area contributed by atoms with E-state index in [0.29, 0.717) is 37.1 Å². The largest absolute Gasteiger partial charge is 0.573 e. The number of nitrogens with one attached hydrogen (secondary N) is 2. The van der Waals surface area contributed by atoms with E-state index < -0.39 is 18.0 Å². The molecule has 13 heteroatoms. The van der Waals surface area contributed by atoms with Gasteiger partial charge >= 0.3 is 18.2 Å². The number of nitrogens with zero attached hydrogens (tertiary/aromatic N) is 5. The molecule has 1 aliphatic rings. The van der Waals surface area contributed by atoms with Crippen molar-refractivity contribution < 1.29 is 27.1 Å². The summed E-state index contributed by atoms with van der Waals surface area (Å²) in [7, 11) is 0. The monoisotopic (exact) mass is 465 g/mol. The van der Waals surface area contributed by atoms with Gasteiger partial charge in [-0.1, -0.05) is 24.6 Å². The predicted octanol–water partition coefficient (Wildman–Crippen LogP) is 2.34. The summed E-state index contributed by atoms with van der Waals surface area (Å²) in [5, 5.41) is 21.5. The van der Waals surface area contributed by atoms with Gasteiger partial charge in [0.25, 0.3) is 0 Å². The van der Waals surface area contributed by atoms with Gasteiger partial charge in [-0.15, -0.1) is 28.5 Å². The standard InChI is InChI=1S/C20H22F3N7O3/c1-2-3-12-4-5-15(33-20(21,22)23)9-16(12)18-27-28-19(32-18)17(31)26-13-8-14(24-10-13)11-30-7-6-25-29-30/h4-7,9,13-14,24H,2-3,8,10-11H2,1H3,(H,26,31)/t13-,14+/m1/s1. The van der Waals surface area contributed by atoms with E-state index in [1.807, 2.05) is 6.92 Å². The van der Waals surface area contributed by atoms with Gasteiger partial charge in [-0.2, -0.15) is 0 Å². The zero-order valence-corrected chi connectivity index (χ0v) is 17.7. The summed E-state index contributed by atoms with van der Waals surface area (Å²) in [5.74, 6) is -1.28. The quantitative estimate of drug-likeness (QED) is 0.520. The Kier molecular flexibility index (Phi) is 6.58. The van der Waals surface area contributed by atoms with Crippen molar-refractivity contribution >= 4 is 5.91 Å². The summed E-state index contributed by atoms with van der Waals surface area (Å²) >= 11 is 0. The van der Waals surface area contributed by atoms with Crippen LogP contribution in [0.3, 0.4) is 0 Å². The molecule has 2 aromatic heterocycles. The van der Waals surface area contributed by atoms with Crippen LogP contribution in [0.4, 0.5) is 13.2 Å². The molecule has 0 aliphatic carbocycles. The number of hydrogen-bond acceptors (Lipinski definition) is 8. The Bertz CT molecular complexity index is 1090. The van der Waals surface area contributed by atoms with Crippen LogP contribution < -0.4 is 15.4 Å². The Labute approximate surface area is 186 Å². The third kappa shape index (κ3) is 5.86. The van der Waals surface area contributed by atoms with Crippen molar-refractivity contribution in [2.24, 2.45) is 0 Å². The molecule has 0 bridgehead atoms. The first-order valence-corrected chi connectivity index (χ1v) is 10.4. The molecule has 1 aliphatic heterocycles. The fraction of sp³-hybridized carbons (Fsp3) is 0.450. The fourth-order valence-electron chi connectivity index (χ4n) is 3.73. The summed E-state index contributed by atoms with van der Waals surface area (Å²) in [5.41, 5.74) is 0.999. The minimum atomic E-state index is -4.83. The van der Waals surface area contributed by atoms with Gasteiger partial charge in [0.05, 0.1) is 12.7 Å². The van der Waals surface area contributed by atoms with E-state index in [-0.39, 0.29) is 23.9 Å². The van der Waals surface area contributed by atoms with Crippen LogP contribution in [0.2, 0.25) is 0 Å². The normalized spacial score (nSPS) is 18.4. The average Bonchev–Trinajstić information content (AvgIpc) is 3.51. The molecule has 10 nitrogen and oxygen atoms in total. The van der Waals surface area contributed by atoms with Crippen molar-refractivity contribution in [3.63, 3.8) is 0 Å². The lowest BCUT2D eigenvalue weighted by molar-refractivity contribution is -0.274. The Morgan fingerprint density at radius 3 is 2.94 bits per heavy atom. The zero-order valence-electron chi connectivity index (χ0n) is 17.7. The van der Waals surface area contributed by atoms with Crippen LogP contribution in [0.5, 0.6) is 5.75 Å². The summed E-state index contributed by atoms with van der Waals surface area (Å²) in [4.78, 5) is 12.6. The van der Waals surface area contributed by atoms with Gasteiger partial charge < -0.3 is 19.8 Å². The Hall–Kier alpha value is -3.48. The molecule has 4 rings (SSSR count). The number of benzene rings is 1. The second kappa shape index (κ2) is 9.57. The molecule has 1 fully saturated rings. The molecule has 3 heterocycles. The third-order valence-electron chi connectivity index (χ3n) is 5.12. The summed E-state index contributed by atoms with van der Waals surface area (Å²) < 4.78 is 49.1. The fourth-order valence-corrected chi connectivity index (χ4v) is 3.73. The molecule has 3 aromatic rings. The number of carbonyl (C=O) groups is 1. The van der Waals surface area contributed by atoms with E-state index >= 15 is 0 Å². The molecule has 1 amide bonds. The number of ether oxygens (including phenoxy) is 1. The molecule has 2 atom stereocenters. The molecule has 2 N–H and O–H groups in total. The van der Waals surface area contributed by atoms with E-state index in [0.717, 1.165) is 6.42 Å².